The minimum absolute atomic E-state index is 0.947. The molecule has 0 spiro atoms. The number of rotatable bonds is 9. The Labute approximate surface area is 333 Å². The number of fused-ring (bicyclic) bond motifs is 2. The molecule has 56 heavy (non-hydrogen) atoms. The van der Waals surface area contributed by atoms with Crippen LogP contribution in [0.4, 0.5) is 34.1 Å². The number of aromatic nitrogens is 2. The quantitative estimate of drug-likeness (QED) is 0.147. The highest BCUT2D eigenvalue weighted by Crippen LogP contribution is 2.40. The van der Waals surface area contributed by atoms with Crippen molar-refractivity contribution in [3.63, 3.8) is 0 Å². The summed E-state index contributed by atoms with van der Waals surface area (Å²) in [7, 11) is 0. The van der Waals surface area contributed by atoms with Gasteiger partial charge in [0.1, 0.15) is 0 Å². The van der Waals surface area contributed by atoms with Gasteiger partial charge in [0.05, 0.1) is 20.4 Å². The van der Waals surface area contributed by atoms with E-state index >= 15 is 0 Å². The van der Waals surface area contributed by atoms with Gasteiger partial charge in [-0.2, -0.15) is 0 Å². The molecule has 0 amide bonds. The molecule has 6 heteroatoms. The molecule has 2 aromatic heterocycles. The topological polar surface area (TPSA) is 32.3 Å². The van der Waals surface area contributed by atoms with E-state index in [9.17, 15) is 0 Å². The SMILES string of the molecule is c1ccc(N(c2ccccc2)c2ccc(-c3ccc4sc(-c5nc6cc(-c7ccc(N(c8ccccc8)c8ccccc8)cc7)ccc6s5)nc4c3)cc2)cc1. The number of nitrogens with zero attached hydrogens (tertiary/aromatic N) is 4. The monoisotopic (exact) mass is 754 g/mol. The van der Waals surface area contributed by atoms with E-state index in [1.807, 2.05) is 0 Å². The number of para-hydroxylation sites is 4. The Morgan fingerprint density at radius 1 is 0.286 bits per heavy atom. The standard InChI is InChI=1S/C50H34N4S2/c1-5-13-39(14-6-1)53(40-15-7-2-8-16-40)43-27-21-35(22-28-43)37-25-31-47-45(33-37)51-49(55-47)50-52-46-34-38(26-32-48(46)56-50)36-23-29-44(30-24-36)54(41-17-9-3-10-18-41)42-19-11-4-12-20-42/h1-34H. The van der Waals surface area contributed by atoms with Crippen molar-refractivity contribution in [2.75, 3.05) is 9.80 Å². The van der Waals surface area contributed by atoms with Crippen molar-refractivity contribution >= 4 is 77.2 Å². The minimum atomic E-state index is 0.947. The summed E-state index contributed by atoms with van der Waals surface area (Å²) in [6.45, 7) is 0. The molecule has 0 radical (unpaired) electrons. The van der Waals surface area contributed by atoms with E-state index in [1.54, 1.807) is 22.7 Å². The van der Waals surface area contributed by atoms with E-state index < -0.39 is 0 Å². The van der Waals surface area contributed by atoms with Gasteiger partial charge in [0.15, 0.2) is 10.0 Å². The summed E-state index contributed by atoms with van der Waals surface area (Å²) >= 11 is 3.40. The van der Waals surface area contributed by atoms with Crippen LogP contribution in [0.15, 0.2) is 206 Å². The minimum Gasteiger partial charge on any atom is -0.311 e. The molecule has 0 aliphatic rings. The van der Waals surface area contributed by atoms with Crippen molar-refractivity contribution in [3.05, 3.63) is 206 Å². The average molecular weight is 755 g/mol. The van der Waals surface area contributed by atoms with E-state index in [0.717, 1.165) is 86.8 Å². The van der Waals surface area contributed by atoms with Crippen molar-refractivity contribution < 1.29 is 0 Å². The lowest BCUT2D eigenvalue weighted by molar-refractivity contribution is 1.28. The van der Waals surface area contributed by atoms with Gasteiger partial charge in [0, 0.05) is 34.1 Å². The Hall–Kier alpha value is -6.86. The lowest BCUT2D eigenvalue weighted by Gasteiger charge is -2.25. The van der Waals surface area contributed by atoms with Gasteiger partial charge in [-0.25, -0.2) is 9.97 Å². The summed E-state index contributed by atoms with van der Waals surface area (Å²) in [5.41, 5.74) is 13.3. The first-order valence-corrected chi connectivity index (χ1v) is 20.2. The van der Waals surface area contributed by atoms with Crippen molar-refractivity contribution in [1.29, 1.82) is 0 Å². The summed E-state index contributed by atoms with van der Waals surface area (Å²) in [5.74, 6) is 0. The molecule has 0 saturated heterocycles. The molecule has 266 valence electrons. The van der Waals surface area contributed by atoms with Crippen LogP contribution in [0.25, 0.3) is 52.7 Å². The molecule has 2 heterocycles. The maximum absolute atomic E-state index is 5.10. The molecule has 10 aromatic rings. The third-order valence-corrected chi connectivity index (χ3v) is 12.1. The summed E-state index contributed by atoms with van der Waals surface area (Å²) in [6.07, 6.45) is 0. The van der Waals surface area contributed by atoms with Gasteiger partial charge in [-0.1, -0.05) is 109 Å². The smallest absolute Gasteiger partial charge is 0.153 e. The molecule has 10 rings (SSSR count). The van der Waals surface area contributed by atoms with Crippen molar-refractivity contribution in [2.45, 2.75) is 0 Å². The Morgan fingerprint density at radius 2 is 0.571 bits per heavy atom. The van der Waals surface area contributed by atoms with Crippen LogP contribution >= 0.6 is 22.7 Å². The van der Waals surface area contributed by atoms with Gasteiger partial charge in [-0.15, -0.1) is 22.7 Å². The normalized spacial score (nSPS) is 11.2. The number of hydrogen-bond acceptors (Lipinski definition) is 6. The van der Waals surface area contributed by atoms with E-state index in [0.29, 0.717) is 0 Å². The second kappa shape index (κ2) is 14.8. The molecule has 0 N–H and O–H groups in total. The lowest BCUT2D eigenvalue weighted by Crippen LogP contribution is -2.09. The van der Waals surface area contributed by atoms with E-state index in [4.69, 9.17) is 9.97 Å². The average Bonchev–Trinajstić information content (AvgIpc) is 3.90. The predicted molar refractivity (Wildman–Crippen MR) is 238 cm³/mol. The predicted octanol–water partition coefficient (Wildman–Crippen LogP) is 14.8. The maximum atomic E-state index is 5.10. The molecule has 0 aliphatic carbocycles. The molecule has 0 bridgehead atoms. The highest BCUT2D eigenvalue weighted by atomic mass is 32.1. The van der Waals surface area contributed by atoms with E-state index in [1.165, 1.54) is 0 Å². The number of benzene rings is 8. The molecule has 8 aromatic carbocycles. The van der Waals surface area contributed by atoms with Crippen LogP contribution in [0.1, 0.15) is 0 Å². The fourth-order valence-electron chi connectivity index (χ4n) is 7.21. The number of anilines is 6. The summed E-state index contributed by atoms with van der Waals surface area (Å²) in [6, 6.07) is 72.7. The van der Waals surface area contributed by atoms with Gasteiger partial charge in [0.25, 0.3) is 0 Å². The van der Waals surface area contributed by atoms with Gasteiger partial charge >= 0.3 is 0 Å². The first-order valence-electron chi connectivity index (χ1n) is 18.6. The maximum Gasteiger partial charge on any atom is 0.153 e. The van der Waals surface area contributed by atoms with E-state index in [-0.39, 0.29) is 0 Å². The van der Waals surface area contributed by atoms with Crippen molar-refractivity contribution in [1.82, 2.24) is 9.97 Å². The van der Waals surface area contributed by atoms with Gasteiger partial charge in [0.2, 0.25) is 0 Å². The van der Waals surface area contributed by atoms with Crippen LogP contribution in [0.5, 0.6) is 0 Å². The molecular weight excluding hydrogens is 721 g/mol. The fraction of sp³-hybridized carbons (Fsp3) is 0. The Morgan fingerprint density at radius 3 is 0.893 bits per heavy atom. The van der Waals surface area contributed by atoms with Crippen LogP contribution in [0, 0.1) is 0 Å². The Bertz CT molecular complexity index is 2610. The van der Waals surface area contributed by atoms with Crippen molar-refractivity contribution in [3.8, 4) is 32.3 Å². The number of hydrogen-bond donors (Lipinski definition) is 0. The first kappa shape index (κ1) is 33.7. The van der Waals surface area contributed by atoms with Crippen LogP contribution < -0.4 is 9.80 Å². The van der Waals surface area contributed by atoms with Gasteiger partial charge < -0.3 is 9.80 Å². The summed E-state index contributed by atoms with van der Waals surface area (Å²) in [4.78, 5) is 14.8. The molecule has 0 saturated carbocycles. The Balaban J connectivity index is 0.905. The zero-order valence-electron chi connectivity index (χ0n) is 30.2. The van der Waals surface area contributed by atoms with Gasteiger partial charge in [-0.3, -0.25) is 0 Å². The molecule has 0 fully saturated rings. The highest BCUT2D eigenvalue weighted by Gasteiger charge is 2.16. The highest BCUT2D eigenvalue weighted by molar-refractivity contribution is 7.27. The van der Waals surface area contributed by atoms with Crippen molar-refractivity contribution in [2.24, 2.45) is 0 Å². The third-order valence-electron chi connectivity index (χ3n) is 9.93. The second-order valence-corrected chi connectivity index (χ2v) is 15.6. The van der Waals surface area contributed by atoms with Crippen LogP contribution in [-0.4, -0.2) is 9.97 Å². The largest absolute Gasteiger partial charge is 0.311 e. The van der Waals surface area contributed by atoms with Crippen LogP contribution in [-0.2, 0) is 0 Å². The number of thiazole rings is 2. The van der Waals surface area contributed by atoms with Crippen LogP contribution in [0.2, 0.25) is 0 Å². The molecule has 0 atom stereocenters. The molecular formula is C50H34N4S2. The summed E-state index contributed by atoms with van der Waals surface area (Å²) < 4.78 is 2.31. The fourth-order valence-corrected chi connectivity index (χ4v) is 9.12. The zero-order valence-corrected chi connectivity index (χ0v) is 31.9. The molecule has 0 unspecified atom stereocenters. The summed E-state index contributed by atoms with van der Waals surface area (Å²) in [5, 5.41) is 1.89. The first-order chi connectivity index (χ1) is 27.7. The van der Waals surface area contributed by atoms with E-state index in [2.05, 4.69) is 216 Å². The Kier molecular flexibility index (Phi) is 8.88. The second-order valence-electron chi connectivity index (χ2n) is 13.5. The molecule has 4 nitrogen and oxygen atoms in total. The zero-order chi connectivity index (χ0) is 37.3. The lowest BCUT2D eigenvalue weighted by atomic mass is 10.0. The van der Waals surface area contributed by atoms with Crippen LogP contribution in [0.3, 0.4) is 0 Å². The molecule has 0 aliphatic heterocycles. The van der Waals surface area contributed by atoms with Gasteiger partial charge in [-0.05, 0) is 119 Å². The third kappa shape index (κ3) is 6.62.